The number of rotatable bonds is 11. The van der Waals surface area contributed by atoms with Crippen LogP contribution in [0, 0.1) is 24.2 Å². The summed E-state index contributed by atoms with van der Waals surface area (Å²) < 4.78 is 0. The molecular formula is C39H80N2O. The third-order valence-electron chi connectivity index (χ3n) is 6.72. The molecule has 42 heavy (non-hydrogen) atoms. The van der Waals surface area contributed by atoms with Crippen LogP contribution in [0.3, 0.4) is 0 Å². The first kappa shape index (κ1) is 53.0. The van der Waals surface area contributed by atoms with E-state index in [1.807, 2.05) is 55.4 Å². The van der Waals surface area contributed by atoms with Gasteiger partial charge in [0, 0.05) is 19.5 Å². The first-order valence-electron chi connectivity index (χ1n) is 17.6. The fraction of sp³-hybridized carbons (Fsp3) is 0.769. The number of terminal acetylenes is 1. The topological polar surface area (TPSA) is 46.3 Å². The van der Waals surface area contributed by atoms with Gasteiger partial charge in [-0.05, 0) is 69.5 Å². The van der Waals surface area contributed by atoms with E-state index in [9.17, 15) is 4.79 Å². The smallest absolute Gasteiger partial charge is 0.129 e. The predicted molar refractivity (Wildman–Crippen MR) is 197 cm³/mol. The quantitative estimate of drug-likeness (QED) is 0.205. The Labute approximate surface area is 268 Å². The van der Waals surface area contributed by atoms with Gasteiger partial charge in [0.1, 0.15) is 5.78 Å². The van der Waals surface area contributed by atoms with Crippen molar-refractivity contribution in [1.29, 1.82) is 0 Å². The molecule has 1 fully saturated rings. The van der Waals surface area contributed by atoms with Gasteiger partial charge in [0.25, 0.3) is 0 Å². The van der Waals surface area contributed by atoms with E-state index in [-0.39, 0.29) is 5.78 Å². The third kappa shape index (κ3) is 38.4. The van der Waals surface area contributed by atoms with Crippen LogP contribution in [-0.2, 0) is 11.3 Å². The number of carbonyl (C=O) groups is 1. The molecule has 0 saturated heterocycles. The Hall–Kier alpha value is -1.63. The van der Waals surface area contributed by atoms with Crippen molar-refractivity contribution in [3.8, 4) is 12.8 Å². The van der Waals surface area contributed by atoms with Crippen molar-refractivity contribution >= 4 is 5.78 Å². The van der Waals surface area contributed by atoms with Gasteiger partial charge in [0.05, 0.1) is 0 Å². The Morgan fingerprint density at radius 1 is 0.857 bits per heavy atom. The minimum atomic E-state index is 0.284. The Morgan fingerprint density at radius 2 is 1.31 bits per heavy atom. The fourth-order valence-corrected chi connectivity index (χ4v) is 4.22. The number of ketones is 1. The molecule has 0 aliphatic heterocycles. The van der Waals surface area contributed by atoms with Crippen LogP contribution in [0.15, 0.2) is 30.3 Å². The average Bonchev–Trinajstić information content (AvgIpc) is 3.06. The Balaban J connectivity index is -0.000000118. The van der Waals surface area contributed by atoms with Gasteiger partial charge in [-0.1, -0.05) is 146 Å². The van der Waals surface area contributed by atoms with E-state index in [4.69, 9.17) is 5.73 Å². The summed E-state index contributed by atoms with van der Waals surface area (Å²) in [6.45, 7) is 29.9. The minimum Gasteiger partial charge on any atom is -0.330 e. The number of hydrogen-bond donors (Lipinski definition) is 1. The first-order chi connectivity index (χ1) is 20.3. The molecule has 0 spiro atoms. The molecule has 1 aromatic carbocycles. The molecule has 1 aromatic rings. The summed E-state index contributed by atoms with van der Waals surface area (Å²) >= 11 is 0. The van der Waals surface area contributed by atoms with Crippen LogP contribution in [0.1, 0.15) is 166 Å². The van der Waals surface area contributed by atoms with Gasteiger partial charge in [0.15, 0.2) is 0 Å². The number of carbonyl (C=O) groups excluding carboxylic acids is 1. The highest BCUT2D eigenvalue weighted by Gasteiger charge is 2.33. The largest absolute Gasteiger partial charge is 0.330 e. The van der Waals surface area contributed by atoms with Crippen molar-refractivity contribution < 1.29 is 4.79 Å². The monoisotopic (exact) mass is 593 g/mol. The molecule has 2 rings (SSSR count). The summed E-state index contributed by atoms with van der Waals surface area (Å²) in [5.41, 5.74) is 7.27. The zero-order valence-corrected chi connectivity index (χ0v) is 31.5. The highest BCUT2D eigenvalue weighted by atomic mass is 16.1. The molecule has 1 saturated carbocycles. The van der Waals surface area contributed by atoms with Gasteiger partial charge >= 0.3 is 0 Å². The van der Waals surface area contributed by atoms with Gasteiger partial charge < -0.3 is 15.4 Å². The van der Waals surface area contributed by atoms with E-state index in [0.717, 1.165) is 44.7 Å². The van der Waals surface area contributed by atoms with Crippen molar-refractivity contribution in [2.75, 3.05) is 20.1 Å². The second-order valence-electron chi connectivity index (χ2n) is 10.00. The van der Waals surface area contributed by atoms with Crippen LogP contribution in [-0.4, -0.2) is 30.8 Å². The number of Topliss-reactive ketones (excluding diaryl/α,β-unsaturated/α-hetero) is 1. The molecule has 0 radical (unpaired) electrons. The zero-order valence-electron chi connectivity index (χ0n) is 31.5. The van der Waals surface area contributed by atoms with Gasteiger partial charge in [-0.3, -0.25) is 0 Å². The standard InChI is InChI=1S/C18H29N.C7H15NO.C4H10.4C2H6.C2H2/c1-4-18(12-10-16(2)11-13-18)15-19(3)14-17-8-6-5-7-9-17;1-7(9)5-3-2-4-6-8;1-3-4-2;5*1-2/h5-9,16H,4,10-15H2,1-3H3;2-6,8H2,1H3;3-4H2,1-2H3;4*1-2H3;1-2H. The van der Waals surface area contributed by atoms with Gasteiger partial charge in [-0.2, -0.15) is 0 Å². The van der Waals surface area contributed by atoms with Crippen molar-refractivity contribution in [2.45, 2.75) is 167 Å². The van der Waals surface area contributed by atoms with Crippen molar-refractivity contribution in [3.63, 3.8) is 0 Å². The summed E-state index contributed by atoms with van der Waals surface area (Å²) in [5, 5.41) is 0. The van der Waals surface area contributed by atoms with Gasteiger partial charge in [0.2, 0.25) is 0 Å². The zero-order chi connectivity index (χ0) is 34.2. The number of nitrogens with zero attached hydrogens (tertiary/aromatic N) is 1. The minimum absolute atomic E-state index is 0.284. The lowest BCUT2D eigenvalue weighted by Gasteiger charge is -2.41. The molecule has 0 aromatic heterocycles. The Morgan fingerprint density at radius 3 is 1.67 bits per heavy atom. The number of benzene rings is 1. The van der Waals surface area contributed by atoms with Crippen LogP contribution < -0.4 is 5.73 Å². The van der Waals surface area contributed by atoms with Crippen LogP contribution in [0.4, 0.5) is 0 Å². The highest BCUT2D eigenvalue weighted by molar-refractivity contribution is 5.75. The summed E-state index contributed by atoms with van der Waals surface area (Å²) in [5.74, 6) is 1.23. The SMILES string of the molecule is C#C.CC.CC.CC.CC.CC(=O)CCCCCN.CCC1(CN(C)Cc2ccccc2)CCC(C)CC1.CCCC. The summed E-state index contributed by atoms with van der Waals surface area (Å²) in [7, 11) is 2.28. The third-order valence-corrected chi connectivity index (χ3v) is 6.72. The maximum absolute atomic E-state index is 10.4. The lowest BCUT2D eigenvalue weighted by molar-refractivity contribution is -0.117. The lowest BCUT2D eigenvalue weighted by Crippen LogP contribution is -2.37. The molecule has 0 amide bonds. The van der Waals surface area contributed by atoms with Crippen molar-refractivity contribution in [1.82, 2.24) is 4.90 Å². The Kier molecular flexibility index (Phi) is 58.4. The Bertz CT molecular complexity index is 587. The van der Waals surface area contributed by atoms with E-state index >= 15 is 0 Å². The van der Waals surface area contributed by atoms with Crippen LogP contribution in [0.25, 0.3) is 0 Å². The van der Waals surface area contributed by atoms with E-state index in [2.05, 4.69) is 82.8 Å². The second kappa shape index (κ2) is 46.3. The van der Waals surface area contributed by atoms with Gasteiger partial charge in [-0.15, -0.1) is 12.8 Å². The molecule has 3 heteroatoms. The van der Waals surface area contributed by atoms with Crippen molar-refractivity contribution in [3.05, 3.63) is 35.9 Å². The molecule has 2 N–H and O–H groups in total. The number of unbranched alkanes of at least 4 members (excludes halogenated alkanes) is 3. The molecule has 0 atom stereocenters. The van der Waals surface area contributed by atoms with E-state index in [1.54, 1.807) is 6.92 Å². The van der Waals surface area contributed by atoms with Crippen molar-refractivity contribution in [2.24, 2.45) is 17.1 Å². The summed E-state index contributed by atoms with van der Waals surface area (Å²) in [6.07, 6.45) is 21.5. The molecule has 0 bridgehead atoms. The molecule has 1 aliphatic rings. The summed E-state index contributed by atoms with van der Waals surface area (Å²) in [6, 6.07) is 10.8. The first-order valence-corrected chi connectivity index (χ1v) is 17.6. The highest BCUT2D eigenvalue weighted by Crippen LogP contribution is 2.42. The van der Waals surface area contributed by atoms with Gasteiger partial charge in [-0.25, -0.2) is 0 Å². The van der Waals surface area contributed by atoms with E-state index < -0.39 is 0 Å². The molecule has 0 heterocycles. The number of nitrogens with two attached hydrogens (primary N) is 1. The van der Waals surface area contributed by atoms with Crippen LogP contribution >= 0.6 is 0 Å². The lowest BCUT2D eigenvalue weighted by atomic mass is 9.69. The maximum Gasteiger partial charge on any atom is 0.129 e. The maximum atomic E-state index is 10.4. The molecular weight excluding hydrogens is 512 g/mol. The average molecular weight is 593 g/mol. The fourth-order valence-electron chi connectivity index (χ4n) is 4.22. The normalized spacial score (nSPS) is 15.9. The molecule has 3 nitrogen and oxygen atoms in total. The van der Waals surface area contributed by atoms with E-state index in [0.29, 0.717) is 5.41 Å². The molecule has 252 valence electrons. The molecule has 0 unspecified atom stereocenters. The summed E-state index contributed by atoms with van der Waals surface area (Å²) in [4.78, 5) is 12.9. The number of hydrogen-bond acceptors (Lipinski definition) is 3. The molecule has 1 aliphatic carbocycles. The van der Waals surface area contributed by atoms with Crippen LogP contribution in [0.2, 0.25) is 0 Å². The predicted octanol–water partition coefficient (Wildman–Crippen LogP) is 12.0. The van der Waals surface area contributed by atoms with Crippen LogP contribution in [0.5, 0.6) is 0 Å². The second-order valence-corrected chi connectivity index (χ2v) is 10.00. The van der Waals surface area contributed by atoms with E-state index in [1.165, 1.54) is 57.1 Å².